The molecule has 5 rings (SSSR count). The molecule has 0 bridgehead atoms. The van der Waals surface area contributed by atoms with E-state index in [2.05, 4.69) is 35.6 Å². The molecule has 0 saturated carbocycles. The molecule has 2 aliphatic heterocycles. The number of rotatable bonds is 4. The van der Waals surface area contributed by atoms with Gasteiger partial charge in [-0.15, -0.1) is 0 Å². The first-order valence-electron chi connectivity index (χ1n) is 10.7. The van der Waals surface area contributed by atoms with Crippen LogP contribution >= 0.6 is 0 Å². The average Bonchev–Trinajstić information content (AvgIpc) is 3.16. The predicted octanol–water partition coefficient (Wildman–Crippen LogP) is 4.78. The fraction of sp³-hybridized carbons (Fsp3) is 0.320. The average molecular weight is 402 g/mol. The number of nitrogens with one attached hydrogen (secondary N) is 1. The van der Waals surface area contributed by atoms with E-state index in [1.54, 1.807) is 0 Å². The molecule has 1 saturated heterocycles. The predicted molar refractivity (Wildman–Crippen MR) is 118 cm³/mol. The normalized spacial score (nSPS) is 18.3. The zero-order valence-electron chi connectivity index (χ0n) is 17.0. The summed E-state index contributed by atoms with van der Waals surface area (Å²) in [4.78, 5) is 15.0. The van der Waals surface area contributed by atoms with Crippen molar-refractivity contribution in [1.82, 2.24) is 4.90 Å². The minimum absolute atomic E-state index is 0.0908. The van der Waals surface area contributed by atoms with Crippen molar-refractivity contribution in [3.8, 4) is 11.5 Å². The van der Waals surface area contributed by atoms with E-state index >= 15 is 0 Å². The van der Waals surface area contributed by atoms with Gasteiger partial charge in [-0.05, 0) is 53.4 Å². The van der Waals surface area contributed by atoms with Gasteiger partial charge >= 0.3 is 0 Å². The molecule has 3 aromatic rings. The lowest BCUT2D eigenvalue weighted by molar-refractivity contribution is -0.130. The third-order valence-corrected chi connectivity index (χ3v) is 5.92. The van der Waals surface area contributed by atoms with Crippen LogP contribution in [-0.2, 0) is 4.79 Å². The molecule has 2 heterocycles. The Kier molecular flexibility index (Phi) is 5.18. The van der Waals surface area contributed by atoms with Crippen molar-refractivity contribution in [3.63, 3.8) is 0 Å². The summed E-state index contributed by atoms with van der Waals surface area (Å²) in [6.45, 7) is 2.43. The second-order valence-electron chi connectivity index (χ2n) is 7.92. The second-order valence-corrected chi connectivity index (χ2v) is 7.92. The van der Waals surface area contributed by atoms with Crippen LogP contribution in [0.3, 0.4) is 0 Å². The molecule has 0 spiro atoms. The molecule has 1 unspecified atom stereocenters. The van der Waals surface area contributed by atoms with Crippen molar-refractivity contribution >= 4 is 22.4 Å². The van der Waals surface area contributed by atoms with Gasteiger partial charge in [0.2, 0.25) is 5.91 Å². The number of nitrogens with zero attached hydrogens (tertiary/aromatic N) is 1. The lowest BCUT2D eigenvalue weighted by Crippen LogP contribution is -2.35. The number of likely N-dealkylation sites (tertiary alicyclic amines) is 1. The maximum atomic E-state index is 13.0. The SMILES string of the molecule is O=C(CNc1ccc2ccccc2c1)N1CCCC1c1ccc2c(c1)OCCCO2. The Bertz CT molecular complexity index is 1070. The summed E-state index contributed by atoms with van der Waals surface area (Å²) in [6.07, 6.45) is 2.88. The summed E-state index contributed by atoms with van der Waals surface area (Å²) in [5.41, 5.74) is 2.09. The number of carbonyl (C=O) groups is 1. The van der Waals surface area contributed by atoms with Crippen LogP contribution in [0.5, 0.6) is 11.5 Å². The van der Waals surface area contributed by atoms with Gasteiger partial charge < -0.3 is 19.7 Å². The van der Waals surface area contributed by atoms with E-state index in [9.17, 15) is 4.79 Å². The van der Waals surface area contributed by atoms with Crippen molar-refractivity contribution < 1.29 is 14.3 Å². The largest absolute Gasteiger partial charge is 0.490 e. The molecule has 5 heteroatoms. The van der Waals surface area contributed by atoms with Gasteiger partial charge in [0.05, 0.1) is 25.8 Å². The van der Waals surface area contributed by atoms with Gasteiger partial charge in [0.1, 0.15) is 0 Å². The monoisotopic (exact) mass is 402 g/mol. The van der Waals surface area contributed by atoms with E-state index in [1.165, 1.54) is 10.8 Å². The number of hydrogen-bond donors (Lipinski definition) is 1. The lowest BCUT2D eigenvalue weighted by Gasteiger charge is -2.26. The summed E-state index contributed by atoms with van der Waals surface area (Å²) in [5, 5.41) is 5.67. The van der Waals surface area contributed by atoms with Crippen LogP contribution in [0.4, 0.5) is 5.69 Å². The summed E-state index contributed by atoms with van der Waals surface area (Å²) in [6, 6.07) is 20.6. The number of anilines is 1. The van der Waals surface area contributed by atoms with Crippen molar-refractivity contribution in [1.29, 1.82) is 0 Å². The number of fused-ring (bicyclic) bond motifs is 2. The van der Waals surface area contributed by atoms with E-state index in [0.717, 1.165) is 48.6 Å². The minimum atomic E-state index is 0.0908. The highest BCUT2D eigenvalue weighted by Gasteiger charge is 2.30. The Morgan fingerprint density at radius 1 is 0.933 bits per heavy atom. The highest BCUT2D eigenvalue weighted by Crippen LogP contribution is 2.38. The Morgan fingerprint density at radius 3 is 2.67 bits per heavy atom. The topological polar surface area (TPSA) is 50.8 Å². The highest BCUT2D eigenvalue weighted by atomic mass is 16.5. The Morgan fingerprint density at radius 2 is 1.77 bits per heavy atom. The summed E-state index contributed by atoms with van der Waals surface area (Å²) in [5.74, 6) is 1.71. The van der Waals surface area contributed by atoms with E-state index in [0.29, 0.717) is 19.8 Å². The number of amides is 1. The van der Waals surface area contributed by atoms with Crippen molar-refractivity contribution in [2.75, 3.05) is 31.6 Å². The molecular weight excluding hydrogens is 376 g/mol. The van der Waals surface area contributed by atoms with Crippen LogP contribution in [0.15, 0.2) is 60.7 Å². The van der Waals surface area contributed by atoms with Gasteiger partial charge in [0.25, 0.3) is 0 Å². The molecule has 3 aromatic carbocycles. The van der Waals surface area contributed by atoms with Gasteiger partial charge in [-0.2, -0.15) is 0 Å². The molecule has 30 heavy (non-hydrogen) atoms. The summed E-state index contributed by atoms with van der Waals surface area (Å²) in [7, 11) is 0. The first kappa shape index (κ1) is 18.8. The molecule has 5 nitrogen and oxygen atoms in total. The fourth-order valence-electron chi connectivity index (χ4n) is 4.38. The molecule has 154 valence electrons. The van der Waals surface area contributed by atoms with E-state index in [-0.39, 0.29) is 11.9 Å². The van der Waals surface area contributed by atoms with Crippen LogP contribution in [0.1, 0.15) is 30.9 Å². The number of hydrogen-bond acceptors (Lipinski definition) is 4. The number of benzene rings is 3. The van der Waals surface area contributed by atoms with Crippen LogP contribution in [0, 0.1) is 0 Å². The molecule has 0 radical (unpaired) electrons. The number of ether oxygens (including phenoxy) is 2. The van der Waals surface area contributed by atoms with Gasteiger partial charge in [-0.3, -0.25) is 4.79 Å². The quantitative estimate of drug-likeness (QED) is 0.683. The third-order valence-electron chi connectivity index (χ3n) is 5.92. The minimum Gasteiger partial charge on any atom is -0.490 e. The first-order chi connectivity index (χ1) is 14.8. The molecule has 1 amide bonds. The zero-order valence-corrected chi connectivity index (χ0v) is 17.0. The molecule has 1 atom stereocenters. The molecule has 0 aliphatic carbocycles. The smallest absolute Gasteiger partial charge is 0.242 e. The van der Waals surface area contributed by atoms with Gasteiger partial charge in [-0.1, -0.05) is 36.4 Å². The van der Waals surface area contributed by atoms with Crippen molar-refractivity contribution in [2.24, 2.45) is 0 Å². The Hall–Kier alpha value is -3.21. The molecular formula is C25H26N2O3. The molecule has 0 aromatic heterocycles. The van der Waals surface area contributed by atoms with Crippen molar-refractivity contribution in [3.05, 3.63) is 66.2 Å². The van der Waals surface area contributed by atoms with Crippen LogP contribution in [0.25, 0.3) is 10.8 Å². The van der Waals surface area contributed by atoms with Crippen LogP contribution in [-0.4, -0.2) is 37.1 Å². The Balaban J connectivity index is 1.28. The van der Waals surface area contributed by atoms with E-state index in [4.69, 9.17) is 9.47 Å². The van der Waals surface area contributed by atoms with Gasteiger partial charge in [0, 0.05) is 18.7 Å². The van der Waals surface area contributed by atoms with Gasteiger partial charge in [0.15, 0.2) is 11.5 Å². The zero-order chi connectivity index (χ0) is 20.3. The van der Waals surface area contributed by atoms with Crippen LogP contribution in [0.2, 0.25) is 0 Å². The van der Waals surface area contributed by atoms with Crippen LogP contribution < -0.4 is 14.8 Å². The first-order valence-corrected chi connectivity index (χ1v) is 10.7. The summed E-state index contributed by atoms with van der Waals surface area (Å²) >= 11 is 0. The molecule has 1 N–H and O–H groups in total. The maximum Gasteiger partial charge on any atom is 0.242 e. The lowest BCUT2D eigenvalue weighted by atomic mass is 10.0. The summed E-state index contributed by atoms with van der Waals surface area (Å²) < 4.78 is 11.6. The molecule has 1 fully saturated rings. The Labute approximate surface area is 176 Å². The maximum absolute atomic E-state index is 13.0. The van der Waals surface area contributed by atoms with E-state index < -0.39 is 0 Å². The fourth-order valence-corrected chi connectivity index (χ4v) is 4.38. The highest BCUT2D eigenvalue weighted by molar-refractivity contribution is 5.87. The standard InChI is InChI=1S/C25H26N2O3/c28-25(17-26-21-10-8-18-5-1-2-6-19(18)15-21)27-12-3-7-22(27)20-9-11-23-24(16-20)30-14-4-13-29-23/h1-2,5-6,8-11,15-16,22,26H,3-4,7,12-14,17H2. The van der Waals surface area contributed by atoms with E-state index in [1.807, 2.05) is 35.2 Å². The van der Waals surface area contributed by atoms with Crippen molar-refractivity contribution in [2.45, 2.75) is 25.3 Å². The third kappa shape index (κ3) is 3.80. The second kappa shape index (κ2) is 8.27. The van der Waals surface area contributed by atoms with Gasteiger partial charge in [-0.25, -0.2) is 0 Å². The molecule has 2 aliphatic rings. The number of carbonyl (C=O) groups excluding carboxylic acids is 1.